The fraction of sp³-hybridized carbons (Fsp3) is 0.385. The lowest BCUT2D eigenvalue weighted by Crippen LogP contribution is -2.24. The Morgan fingerprint density at radius 3 is 2.64 bits per heavy atom. The van der Waals surface area contributed by atoms with Crippen molar-refractivity contribution in [2.24, 2.45) is 0 Å². The van der Waals surface area contributed by atoms with Crippen molar-refractivity contribution >= 4 is 0 Å². The molecule has 0 unspecified atom stereocenters. The first-order valence-corrected chi connectivity index (χ1v) is 5.07. The van der Waals surface area contributed by atoms with Crippen LogP contribution in [-0.4, -0.2) is 6.54 Å². The lowest BCUT2D eigenvalue weighted by molar-refractivity contribution is 0.640. The van der Waals surface area contributed by atoms with Gasteiger partial charge in [0.15, 0.2) is 0 Å². The summed E-state index contributed by atoms with van der Waals surface area (Å²) < 4.78 is 0. The van der Waals surface area contributed by atoms with Crippen LogP contribution in [0, 0.1) is 13.8 Å². The molecule has 0 bridgehead atoms. The van der Waals surface area contributed by atoms with E-state index in [-0.39, 0.29) is 0 Å². The molecular weight excluding hydrogens is 170 g/mol. The van der Waals surface area contributed by atoms with Crippen LogP contribution in [0.5, 0.6) is 0 Å². The summed E-state index contributed by atoms with van der Waals surface area (Å²) in [5.41, 5.74) is 5.95. The van der Waals surface area contributed by atoms with Gasteiger partial charge in [0.2, 0.25) is 0 Å². The Kier molecular flexibility index (Phi) is 3.90. The minimum Gasteiger partial charge on any atom is -0.312 e. The summed E-state index contributed by atoms with van der Waals surface area (Å²) in [4.78, 5) is 0. The van der Waals surface area contributed by atoms with E-state index in [0.29, 0.717) is 0 Å². The first-order chi connectivity index (χ1) is 6.79. The van der Waals surface area contributed by atoms with Crippen LogP contribution < -0.4 is 5.32 Å². The quantitative estimate of drug-likeness (QED) is 0.619. The Balaban J connectivity index is 0.000000461. The predicted octanol–water partition coefficient (Wildman–Crippen LogP) is 2.75. The third-order valence-corrected chi connectivity index (χ3v) is 2.84. The number of hydrogen-bond acceptors (Lipinski definition) is 1. The second-order valence-corrected chi connectivity index (χ2v) is 3.57. The summed E-state index contributed by atoms with van der Waals surface area (Å²) in [6.45, 7) is 12.6. The van der Waals surface area contributed by atoms with Gasteiger partial charge in [0.25, 0.3) is 0 Å². The van der Waals surface area contributed by atoms with Crippen molar-refractivity contribution in [1.82, 2.24) is 5.32 Å². The zero-order valence-electron chi connectivity index (χ0n) is 9.19. The van der Waals surface area contributed by atoms with Crippen LogP contribution in [0.1, 0.15) is 22.3 Å². The second-order valence-electron chi connectivity index (χ2n) is 3.57. The predicted molar refractivity (Wildman–Crippen MR) is 62.6 cm³/mol. The molecule has 1 aliphatic rings. The lowest BCUT2D eigenvalue weighted by atomic mass is 9.94. The molecule has 1 aromatic carbocycles. The number of aryl methyl sites for hydroxylation is 1. The van der Waals surface area contributed by atoms with Crippen molar-refractivity contribution in [1.29, 1.82) is 0 Å². The molecule has 76 valence electrons. The first kappa shape index (κ1) is 11.0. The highest BCUT2D eigenvalue weighted by Crippen LogP contribution is 2.20. The molecule has 0 aliphatic carbocycles. The lowest BCUT2D eigenvalue weighted by Gasteiger charge is -2.20. The van der Waals surface area contributed by atoms with Gasteiger partial charge in [-0.15, -0.1) is 13.2 Å². The normalized spacial score (nSPS) is 13.9. The van der Waals surface area contributed by atoms with Crippen molar-refractivity contribution in [3.05, 3.63) is 47.5 Å². The van der Waals surface area contributed by atoms with Gasteiger partial charge in [-0.1, -0.05) is 12.1 Å². The molecule has 0 saturated heterocycles. The molecule has 0 aromatic heterocycles. The fourth-order valence-corrected chi connectivity index (χ4v) is 1.85. The molecule has 1 nitrogen and oxygen atoms in total. The van der Waals surface area contributed by atoms with Crippen molar-refractivity contribution in [2.75, 3.05) is 6.54 Å². The van der Waals surface area contributed by atoms with Gasteiger partial charge in [-0.25, -0.2) is 0 Å². The minimum atomic E-state index is 1.06. The summed E-state index contributed by atoms with van der Waals surface area (Å²) >= 11 is 0. The summed E-state index contributed by atoms with van der Waals surface area (Å²) in [7, 11) is 0. The Bertz CT molecular complexity index is 315. The van der Waals surface area contributed by atoms with E-state index < -0.39 is 0 Å². The van der Waals surface area contributed by atoms with Gasteiger partial charge < -0.3 is 5.32 Å². The molecule has 0 amide bonds. The molecule has 14 heavy (non-hydrogen) atoms. The highest BCUT2D eigenvalue weighted by Gasteiger charge is 2.10. The van der Waals surface area contributed by atoms with Gasteiger partial charge in [0.1, 0.15) is 0 Å². The van der Waals surface area contributed by atoms with Gasteiger partial charge in [-0.3, -0.25) is 0 Å². The van der Waals surface area contributed by atoms with Gasteiger partial charge >= 0.3 is 0 Å². The van der Waals surface area contributed by atoms with Crippen LogP contribution in [0.25, 0.3) is 0 Å². The van der Waals surface area contributed by atoms with Crippen LogP contribution in [0.4, 0.5) is 0 Å². The number of rotatable bonds is 0. The summed E-state index contributed by atoms with van der Waals surface area (Å²) in [6.07, 6.45) is 1.19. The molecule has 1 aliphatic heterocycles. The van der Waals surface area contributed by atoms with Crippen LogP contribution >= 0.6 is 0 Å². The van der Waals surface area contributed by atoms with Gasteiger partial charge in [-0.2, -0.15) is 0 Å². The SMILES string of the molecule is C=C.Cc1ccc2c(c1C)CNCC2. The third-order valence-electron chi connectivity index (χ3n) is 2.84. The fourth-order valence-electron chi connectivity index (χ4n) is 1.85. The molecule has 0 radical (unpaired) electrons. The van der Waals surface area contributed by atoms with Crippen LogP contribution in [-0.2, 0) is 13.0 Å². The summed E-state index contributed by atoms with van der Waals surface area (Å²) in [5, 5.41) is 3.41. The number of benzene rings is 1. The Hall–Kier alpha value is -1.08. The maximum absolute atomic E-state index is 3.41. The van der Waals surface area contributed by atoms with E-state index in [1.807, 2.05) is 0 Å². The third kappa shape index (κ3) is 2.05. The molecular formula is C13H19N. The second kappa shape index (κ2) is 4.97. The summed E-state index contributed by atoms with van der Waals surface area (Å²) in [5.74, 6) is 0. The van der Waals surface area contributed by atoms with E-state index in [0.717, 1.165) is 13.1 Å². The zero-order valence-corrected chi connectivity index (χ0v) is 9.19. The van der Waals surface area contributed by atoms with Gasteiger partial charge in [-0.05, 0) is 49.1 Å². The van der Waals surface area contributed by atoms with Crippen LogP contribution in [0.2, 0.25) is 0 Å². The van der Waals surface area contributed by atoms with Gasteiger partial charge in [0, 0.05) is 6.54 Å². The van der Waals surface area contributed by atoms with E-state index in [2.05, 4.69) is 44.5 Å². The summed E-state index contributed by atoms with van der Waals surface area (Å²) in [6, 6.07) is 4.51. The van der Waals surface area contributed by atoms with E-state index in [9.17, 15) is 0 Å². The zero-order chi connectivity index (χ0) is 10.6. The molecule has 1 N–H and O–H groups in total. The van der Waals surface area contributed by atoms with Crippen molar-refractivity contribution in [3.63, 3.8) is 0 Å². The molecule has 1 aromatic rings. The molecule has 0 saturated carbocycles. The molecule has 0 fully saturated rings. The molecule has 0 atom stereocenters. The highest BCUT2D eigenvalue weighted by molar-refractivity contribution is 5.40. The Labute approximate surface area is 86.8 Å². The monoisotopic (exact) mass is 189 g/mol. The average molecular weight is 189 g/mol. The minimum absolute atomic E-state index is 1.06. The largest absolute Gasteiger partial charge is 0.312 e. The molecule has 1 heteroatoms. The maximum atomic E-state index is 3.41. The van der Waals surface area contributed by atoms with E-state index >= 15 is 0 Å². The standard InChI is InChI=1S/C11H15N.C2H4/c1-8-3-4-10-5-6-12-7-11(10)9(8)2;1-2/h3-4,12H,5-7H2,1-2H3;1-2H2. The first-order valence-electron chi connectivity index (χ1n) is 5.07. The molecule has 2 rings (SSSR count). The maximum Gasteiger partial charge on any atom is 0.0211 e. The van der Waals surface area contributed by atoms with Crippen molar-refractivity contribution in [2.45, 2.75) is 26.8 Å². The average Bonchev–Trinajstić information content (AvgIpc) is 2.27. The van der Waals surface area contributed by atoms with E-state index in [1.54, 1.807) is 0 Å². The van der Waals surface area contributed by atoms with Crippen LogP contribution in [0.3, 0.4) is 0 Å². The van der Waals surface area contributed by atoms with E-state index in [1.165, 1.54) is 28.7 Å². The number of nitrogens with one attached hydrogen (secondary N) is 1. The number of fused-ring (bicyclic) bond motifs is 1. The van der Waals surface area contributed by atoms with Crippen molar-refractivity contribution in [3.8, 4) is 0 Å². The molecule has 1 heterocycles. The number of hydrogen-bond donors (Lipinski definition) is 1. The van der Waals surface area contributed by atoms with Crippen molar-refractivity contribution < 1.29 is 0 Å². The van der Waals surface area contributed by atoms with Gasteiger partial charge in [0.05, 0.1) is 0 Å². The highest BCUT2D eigenvalue weighted by atomic mass is 14.9. The van der Waals surface area contributed by atoms with Crippen LogP contribution in [0.15, 0.2) is 25.3 Å². The Morgan fingerprint density at radius 1 is 1.21 bits per heavy atom. The van der Waals surface area contributed by atoms with E-state index in [4.69, 9.17) is 0 Å². The molecule has 0 spiro atoms. The smallest absolute Gasteiger partial charge is 0.0211 e. The topological polar surface area (TPSA) is 12.0 Å². The Morgan fingerprint density at radius 2 is 1.93 bits per heavy atom.